The molecule has 8 heteroatoms. The Kier molecular flexibility index (Phi) is 2.50. The molecule has 4 rings (SSSR count). The summed E-state index contributed by atoms with van der Waals surface area (Å²) >= 11 is 0. The Morgan fingerprint density at radius 1 is 1.00 bits per heavy atom. The van der Waals surface area contributed by atoms with E-state index < -0.39 is 0 Å². The van der Waals surface area contributed by atoms with Gasteiger partial charge < -0.3 is 22.3 Å². The lowest BCUT2D eigenvalue weighted by atomic mass is 10.1. The maximum atomic E-state index is 8.69. The van der Waals surface area contributed by atoms with Gasteiger partial charge in [-0.25, -0.2) is 9.97 Å². The quantitative estimate of drug-likeness (QED) is 0.352. The second-order valence-electron chi connectivity index (χ2n) is 4.17. The van der Waals surface area contributed by atoms with E-state index in [1.165, 1.54) is 11.4 Å². The number of phenols is 1. The van der Waals surface area contributed by atoms with Crippen LogP contribution in [0.4, 0.5) is 17.6 Å². The van der Waals surface area contributed by atoms with Gasteiger partial charge >= 0.3 is 0 Å². The molecule has 2 aromatic heterocycles. The zero-order valence-electron chi connectivity index (χ0n) is 10.3. The van der Waals surface area contributed by atoms with E-state index in [4.69, 9.17) is 22.3 Å². The van der Waals surface area contributed by atoms with Crippen LogP contribution in [-0.2, 0) is 0 Å². The number of hydrogen-bond acceptors (Lipinski definition) is 8. The van der Waals surface area contributed by atoms with Gasteiger partial charge in [-0.3, -0.25) is 0 Å². The summed E-state index contributed by atoms with van der Waals surface area (Å²) in [7, 11) is 0. The minimum absolute atomic E-state index is 0.0601. The van der Waals surface area contributed by atoms with Gasteiger partial charge in [-0.05, 0) is 11.3 Å². The molecule has 20 heavy (non-hydrogen) atoms. The van der Waals surface area contributed by atoms with Crippen LogP contribution in [0.15, 0.2) is 24.4 Å². The predicted molar refractivity (Wildman–Crippen MR) is 74.1 cm³/mol. The summed E-state index contributed by atoms with van der Waals surface area (Å²) in [5.41, 5.74) is 17.0. The SMILES string of the molecule is Nc1cnc2c(N)nc(N)nc2n1.Oc1cc2ccc1=2. The van der Waals surface area contributed by atoms with Crippen molar-refractivity contribution in [2.75, 3.05) is 17.2 Å². The van der Waals surface area contributed by atoms with Gasteiger partial charge in [0.2, 0.25) is 5.95 Å². The lowest BCUT2D eigenvalue weighted by molar-refractivity contribution is 0.465. The third-order valence-corrected chi connectivity index (χ3v) is 2.78. The molecule has 2 aliphatic carbocycles. The number of aromatic nitrogens is 4. The molecule has 0 saturated carbocycles. The zero-order chi connectivity index (χ0) is 14.3. The molecule has 2 heterocycles. The van der Waals surface area contributed by atoms with E-state index >= 15 is 0 Å². The van der Waals surface area contributed by atoms with E-state index in [1.54, 1.807) is 6.07 Å². The van der Waals surface area contributed by atoms with E-state index in [0.29, 0.717) is 16.9 Å². The van der Waals surface area contributed by atoms with Crippen LogP contribution in [0.25, 0.3) is 11.2 Å². The van der Waals surface area contributed by atoms with Crippen molar-refractivity contribution < 1.29 is 5.11 Å². The first-order valence-electron chi connectivity index (χ1n) is 5.69. The number of fused-ring (bicyclic) bond motifs is 1. The summed E-state index contributed by atoms with van der Waals surface area (Å²) in [4.78, 5) is 15.4. The Morgan fingerprint density at radius 3 is 2.30 bits per heavy atom. The van der Waals surface area contributed by atoms with Crippen molar-refractivity contribution in [1.82, 2.24) is 19.9 Å². The van der Waals surface area contributed by atoms with Crippen molar-refractivity contribution >= 4 is 28.7 Å². The molecule has 0 bridgehead atoms. The van der Waals surface area contributed by atoms with Crippen LogP contribution in [0.5, 0.6) is 5.75 Å². The number of nitrogens with zero attached hydrogens (tertiary/aromatic N) is 4. The first-order chi connectivity index (χ1) is 9.54. The predicted octanol–water partition coefficient (Wildman–Crippen LogP) is 0.159. The van der Waals surface area contributed by atoms with Crippen LogP contribution < -0.4 is 17.2 Å². The van der Waals surface area contributed by atoms with Crippen molar-refractivity contribution in [3.63, 3.8) is 0 Å². The molecule has 100 valence electrons. The van der Waals surface area contributed by atoms with Gasteiger partial charge in [-0.1, -0.05) is 12.1 Å². The Bertz CT molecular complexity index is 904. The first kappa shape index (κ1) is 11.9. The summed E-state index contributed by atoms with van der Waals surface area (Å²) in [5.74, 6) is 0.974. The van der Waals surface area contributed by atoms with E-state index in [9.17, 15) is 0 Å². The molecule has 0 spiro atoms. The maximum absolute atomic E-state index is 8.69. The fourth-order valence-electron chi connectivity index (χ4n) is 1.73. The standard InChI is InChI=1S/C6H7N7.C6H4O/c7-2-1-10-3-4(8)12-6(9)13-5(3)11-2;7-6-3-4-1-2-5(4)6/h1H,(H6,7,8,9,11,12,13);1-3,7H. The molecule has 0 radical (unpaired) electrons. The molecule has 8 nitrogen and oxygen atoms in total. The van der Waals surface area contributed by atoms with Crippen molar-refractivity contribution in [1.29, 1.82) is 0 Å². The Hall–Kier alpha value is -3.16. The Labute approximate surface area is 112 Å². The third kappa shape index (κ3) is 1.88. The number of rotatable bonds is 0. The molecule has 0 aromatic carbocycles. The Balaban J connectivity index is 0.000000144. The van der Waals surface area contributed by atoms with Crippen molar-refractivity contribution in [2.24, 2.45) is 0 Å². The molecule has 2 aliphatic rings. The maximum Gasteiger partial charge on any atom is 0.224 e. The van der Waals surface area contributed by atoms with Gasteiger partial charge in [0, 0.05) is 5.22 Å². The summed E-state index contributed by atoms with van der Waals surface area (Å²) in [6.07, 6.45) is 1.39. The molecular formula is C12H11N7O. The molecule has 0 amide bonds. The number of nitrogen functional groups attached to an aromatic ring is 3. The highest BCUT2D eigenvalue weighted by Crippen LogP contribution is 2.21. The molecule has 0 unspecified atom stereocenters. The average Bonchev–Trinajstić information content (AvgIpc) is 2.35. The van der Waals surface area contributed by atoms with Crippen molar-refractivity contribution in [2.45, 2.75) is 0 Å². The molecule has 0 atom stereocenters. The van der Waals surface area contributed by atoms with Crippen LogP contribution in [0, 0.1) is 10.4 Å². The number of aromatic hydroxyl groups is 1. The number of nitrogens with two attached hydrogens (primary N) is 3. The van der Waals surface area contributed by atoms with Crippen LogP contribution in [0.3, 0.4) is 0 Å². The second kappa shape index (κ2) is 4.19. The number of anilines is 3. The minimum atomic E-state index is 0.0601. The lowest BCUT2D eigenvalue weighted by Crippen LogP contribution is -2.04. The molecular weight excluding hydrogens is 258 g/mol. The van der Waals surface area contributed by atoms with Gasteiger partial charge in [0.25, 0.3) is 0 Å². The number of benzene rings is 1. The third-order valence-electron chi connectivity index (χ3n) is 2.78. The summed E-state index contributed by atoms with van der Waals surface area (Å²) in [6.45, 7) is 0. The number of phenolic OH excluding ortho intramolecular Hbond substituents is 1. The van der Waals surface area contributed by atoms with Crippen LogP contribution in [0.1, 0.15) is 0 Å². The summed E-state index contributed by atoms with van der Waals surface area (Å²) in [6, 6.07) is 5.65. The topological polar surface area (TPSA) is 150 Å². The van der Waals surface area contributed by atoms with Gasteiger partial charge in [-0.2, -0.15) is 9.97 Å². The lowest BCUT2D eigenvalue weighted by Gasteiger charge is -2.02. The second-order valence-corrected chi connectivity index (χ2v) is 4.17. The van der Waals surface area contributed by atoms with E-state index in [1.807, 2.05) is 12.1 Å². The van der Waals surface area contributed by atoms with E-state index in [2.05, 4.69) is 19.9 Å². The average molecular weight is 269 g/mol. The van der Waals surface area contributed by atoms with E-state index in [0.717, 1.165) is 5.22 Å². The van der Waals surface area contributed by atoms with Crippen molar-refractivity contribution in [3.05, 3.63) is 34.8 Å². The summed E-state index contributed by atoms with van der Waals surface area (Å²) < 4.78 is 0. The molecule has 0 fully saturated rings. The van der Waals surface area contributed by atoms with Gasteiger partial charge in [-0.15, -0.1) is 0 Å². The fraction of sp³-hybridized carbons (Fsp3) is 0. The van der Waals surface area contributed by atoms with Crippen molar-refractivity contribution in [3.8, 4) is 5.75 Å². The summed E-state index contributed by atoms with van der Waals surface area (Å²) in [5, 5.41) is 10.9. The number of hydrogen-bond donors (Lipinski definition) is 4. The van der Waals surface area contributed by atoms with Crippen LogP contribution in [-0.4, -0.2) is 25.0 Å². The highest BCUT2D eigenvalue weighted by Gasteiger charge is 2.05. The van der Waals surface area contributed by atoms with Gasteiger partial charge in [0.15, 0.2) is 17.0 Å². The van der Waals surface area contributed by atoms with Crippen LogP contribution in [0.2, 0.25) is 0 Å². The van der Waals surface area contributed by atoms with E-state index in [-0.39, 0.29) is 17.6 Å². The normalized spacial score (nSPS) is 10.8. The zero-order valence-corrected chi connectivity index (χ0v) is 10.3. The minimum Gasteiger partial charge on any atom is -0.507 e. The monoisotopic (exact) mass is 269 g/mol. The van der Waals surface area contributed by atoms with Crippen LogP contribution >= 0.6 is 0 Å². The highest BCUT2D eigenvalue weighted by molar-refractivity contribution is 5.82. The molecule has 2 aromatic rings. The van der Waals surface area contributed by atoms with Gasteiger partial charge in [0.05, 0.1) is 6.20 Å². The molecule has 0 saturated heterocycles. The highest BCUT2D eigenvalue weighted by atomic mass is 16.3. The molecule has 7 N–H and O–H groups in total. The Morgan fingerprint density at radius 2 is 1.80 bits per heavy atom. The first-order valence-corrected chi connectivity index (χ1v) is 5.69. The smallest absolute Gasteiger partial charge is 0.224 e. The fourth-order valence-corrected chi connectivity index (χ4v) is 1.73. The van der Waals surface area contributed by atoms with Gasteiger partial charge in [0.1, 0.15) is 11.6 Å². The largest absolute Gasteiger partial charge is 0.507 e. The molecule has 0 aliphatic heterocycles.